The van der Waals surface area contributed by atoms with Gasteiger partial charge in [-0.25, -0.2) is 9.37 Å². The largest absolute Gasteiger partial charge is 0.545 e. The van der Waals surface area contributed by atoms with Crippen LogP contribution in [0.5, 0.6) is 0 Å². The van der Waals surface area contributed by atoms with Crippen LogP contribution in [0.25, 0.3) is 33.4 Å². The standard InChI is InChI=1S/C25H22N2O5.ClH/c1-26(2)15-6-9-18-21(12-15)32-22-13-16(27(3)4)7-10-19(22)23(18)17-8-5-14(24(28)29)11-20(17)25(30)31;/h5-13H,1-4H3,(H-,28,29,30,31);1H. The minimum Gasteiger partial charge on any atom is -0.545 e. The van der Waals surface area contributed by atoms with Gasteiger partial charge in [-0.15, -0.1) is 12.4 Å². The third kappa shape index (κ3) is 4.27. The predicted octanol–water partition coefficient (Wildman–Crippen LogP) is 2.79. The second-order valence-corrected chi connectivity index (χ2v) is 7.98. The zero-order valence-corrected chi connectivity index (χ0v) is 19.4. The van der Waals surface area contributed by atoms with Gasteiger partial charge in [0, 0.05) is 48.4 Å². The van der Waals surface area contributed by atoms with Gasteiger partial charge in [0.2, 0.25) is 5.36 Å². The number of nitrogens with zero attached hydrogens (tertiary/aromatic N) is 2. The highest BCUT2D eigenvalue weighted by molar-refractivity contribution is 6.08. The lowest BCUT2D eigenvalue weighted by Crippen LogP contribution is -2.22. The van der Waals surface area contributed by atoms with Gasteiger partial charge >= 0.3 is 5.97 Å². The lowest BCUT2D eigenvalue weighted by atomic mass is 9.89. The molecule has 0 atom stereocenters. The van der Waals surface area contributed by atoms with Crippen molar-refractivity contribution in [3.8, 4) is 22.5 Å². The van der Waals surface area contributed by atoms with Gasteiger partial charge in [-0.1, -0.05) is 12.1 Å². The molecule has 0 saturated carbocycles. The average molecular weight is 467 g/mol. The Balaban J connectivity index is 0.00000306. The molecular weight excluding hydrogens is 444 g/mol. The fourth-order valence-corrected chi connectivity index (χ4v) is 3.78. The van der Waals surface area contributed by atoms with Crippen molar-refractivity contribution in [3.05, 3.63) is 71.1 Å². The number of fused-ring (bicyclic) bond motifs is 2. The molecule has 0 fully saturated rings. The first-order valence-electron chi connectivity index (χ1n) is 9.94. The number of halogens is 1. The maximum atomic E-state index is 12.1. The summed E-state index contributed by atoms with van der Waals surface area (Å²) in [6, 6.07) is 15.4. The van der Waals surface area contributed by atoms with Gasteiger partial charge in [0.15, 0.2) is 0 Å². The minimum absolute atomic E-state index is 0. The van der Waals surface area contributed by atoms with E-state index in [9.17, 15) is 19.8 Å². The lowest BCUT2D eigenvalue weighted by molar-refractivity contribution is -0.255. The Labute approximate surface area is 196 Å². The summed E-state index contributed by atoms with van der Waals surface area (Å²) in [4.78, 5) is 25.4. The van der Waals surface area contributed by atoms with E-state index >= 15 is 0 Å². The Kier molecular flexibility index (Phi) is 6.46. The number of rotatable bonds is 4. The van der Waals surface area contributed by atoms with Gasteiger partial charge in [-0.2, -0.15) is 0 Å². The van der Waals surface area contributed by atoms with E-state index in [1.54, 1.807) is 0 Å². The molecule has 1 heterocycles. The fourth-order valence-electron chi connectivity index (χ4n) is 3.78. The molecule has 2 aromatic rings. The molecule has 0 bridgehead atoms. The van der Waals surface area contributed by atoms with Gasteiger partial charge in [0.05, 0.1) is 17.6 Å². The van der Waals surface area contributed by atoms with Crippen LogP contribution in [-0.2, 0) is 0 Å². The molecule has 1 aliphatic carbocycles. The Bertz CT molecular complexity index is 1430. The van der Waals surface area contributed by atoms with Crippen LogP contribution in [0, 0.1) is 0 Å². The number of aromatic carboxylic acids is 2. The molecule has 2 aromatic carbocycles. The molecule has 2 aliphatic rings. The summed E-state index contributed by atoms with van der Waals surface area (Å²) in [5, 5.41) is 22.8. The van der Waals surface area contributed by atoms with Crippen LogP contribution in [-0.4, -0.2) is 45.2 Å². The molecule has 0 spiro atoms. The van der Waals surface area contributed by atoms with Crippen molar-refractivity contribution in [2.45, 2.75) is 0 Å². The third-order valence-corrected chi connectivity index (χ3v) is 5.48. The molecule has 7 nitrogen and oxygen atoms in total. The normalized spacial score (nSPS) is 10.7. The van der Waals surface area contributed by atoms with Gasteiger partial charge < -0.3 is 24.3 Å². The fraction of sp³-hybridized carbons (Fsp3) is 0.160. The molecule has 33 heavy (non-hydrogen) atoms. The van der Waals surface area contributed by atoms with Crippen molar-refractivity contribution in [3.63, 3.8) is 0 Å². The quantitative estimate of drug-likeness (QED) is 0.367. The Morgan fingerprint density at radius 1 is 0.970 bits per heavy atom. The predicted molar refractivity (Wildman–Crippen MR) is 128 cm³/mol. The first-order chi connectivity index (χ1) is 15.2. The number of carboxylic acids is 2. The molecule has 0 unspecified atom stereocenters. The molecule has 1 aliphatic heterocycles. The summed E-state index contributed by atoms with van der Waals surface area (Å²) in [5.74, 6) is -2.06. The van der Waals surface area contributed by atoms with E-state index in [1.807, 2.05) is 74.1 Å². The van der Waals surface area contributed by atoms with Crippen molar-refractivity contribution in [2.75, 3.05) is 33.1 Å². The Hall–Kier alpha value is -3.84. The van der Waals surface area contributed by atoms with Crippen LogP contribution < -0.4 is 19.9 Å². The molecule has 0 amide bonds. The van der Waals surface area contributed by atoms with Crippen molar-refractivity contribution >= 4 is 41.0 Å². The van der Waals surface area contributed by atoms with E-state index in [2.05, 4.69) is 0 Å². The summed E-state index contributed by atoms with van der Waals surface area (Å²) < 4.78 is 8.20. The summed E-state index contributed by atoms with van der Waals surface area (Å²) >= 11 is 0. The van der Waals surface area contributed by atoms with E-state index < -0.39 is 11.9 Å². The smallest absolute Gasteiger partial charge is 0.336 e. The highest BCUT2D eigenvalue weighted by Crippen LogP contribution is 2.42. The van der Waals surface area contributed by atoms with E-state index in [0.29, 0.717) is 22.5 Å². The Morgan fingerprint density at radius 3 is 2.27 bits per heavy atom. The van der Waals surface area contributed by atoms with Gasteiger partial charge in [-0.05, 0) is 35.4 Å². The molecule has 0 aromatic heterocycles. The van der Waals surface area contributed by atoms with E-state index in [4.69, 9.17) is 4.42 Å². The van der Waals surface area contributed by atoms with Crippen LogP contribution >= 0.6 is 12.4 Å². The maximum Gasteiger partial charge on any atom is 0.336 e. The SMILES string of the molecule is CN(C)c1ccc2c(-c3ccc(C(=O)[O-])cc3C(=O)O)c3ccc(=[N+](C)C)cc-3oc2c1.Cl. The first-order valence-corrected chi connectivity index (χ1v) is 9.94. The van der Waals surface area contributed by atoms with E-state index in [0.717, 1.165) is 28.1 Å². The molecule has 8 heteroatoms. The molecular formula is C25H23ClN2O5. The highest BCUT2D eigenvalue weighted by atomic mass is 35.5. The lowest BCUT2D eigenvalue weighted by Gasteiger charge is -2.19. The topological polar surface area (TPSA) is 96.8 Å². The minimum atomic E-state index is -1.43. The molecule has 1 N–H and O–H groups in total. The zero-order valence-electron chi connectivity index (χ0n) is 18.6. The molecule has 0 saturated heterocycles. The van der Waals surface area contributed by atoms with Crippen LogP contribution in [0.15, 0.2) is 59.0 Å². The Morgan fingerprint density at radius 2 is 1.67 bits per heavy atom. The second-order valence-electron chi connectivity index (χ2n) is 7.98. The summed E-state index contributed by atoms with van der Waals surface area (Å²) in [5.41, 5.74) is 3.02. The molecule has 0 radical (unpaired) electrons. The summed E-state index contributed by atoms with van der Waals surface area (Å²) in [6.45, 7) is 0. The monoisotopic (exact) mass is 466 g/mol. The molecule has 170 valence electrons. The van der Waals surface area contributed by atoms with Gasteiger partial charge in [0.25, 0.3) is 0 Å². The first kappa shape index (κ1) is 23.8. The van der Waals surface area contributed by atoms with Crippen LogP contribution in [0.1, 0.15) is 20.7 Å². The van der Waals surface area contributed by atoms with Crippen LogP contribution in [0.4, 0.5) is 5.69 Å². The maximum absolute atomic E-state index is 12.1. The number of carbonyl (C=O) groups excluding carboxylic acids is 1. The summed E-state index contributed by atoms with van der Waals surface area (Å²) in [6.07, 6.45) is 0. The average Bonchev–Trinajstić information content (AvgIpc) is 2.75. The second kappa shape index (κ2) is 8.96. The highest BCUT2D eigenvalue weighted by Gasteiger charge is 2.22. The molecule has 4 rings (SSSR count). The number of hydrogen-bond donors (Lipinski definition) is 1. The van der Waals surface area contributed by atoms with E-state index in [1.165, 1.54) is 12.1 Å². The van der Waals surface area contributed by atoms with Crippen molar-refractivity contribution in [2.24, 2.45) is 0 Å². The van der Waals surface area contributed by atoms with Gasteiger partial charge in [-0.3, -0.25) is 0 Å². The van der Waals surface area contributed by atoms with Gasteiger partial charge in [0.1, 0.15) is 25.4 Å². The van der Waals surface area contributed by atoms with Crippen LogP contribution in [0.3, 0.4) is 0 Å². The summed E-state index contributed by atoms with van der Waals surface area (Å²) in [7, 11) is 7.70. The number of carbonyl (C=O) groups is 2. The van der Waals surface area contributed by atoms with Crippen molar-refractivity contribution < 1.29 is 24.2 Å². The van der Waals surface area contributed by atoms with E-state index in [-0.39, 0.29) is 23.5 Å². The number of hydrogen-bond acceptors (Lipinski definition) is 5. The number of anilines is 1. The van der Waals surface area contributed by atoms with Crippen LogP contribution in [0.2, 0.25) is 0 Å². The third-order valence-electron chi connectivity index (χ3n) is 5.48. The number of benzene rings is 3. The van der Waals surface area contributed by atoms with Crippen molar-refractivity contribution in [1.29, 1.82) is 0 Å². The number of carboxylic acid groups (broad SMARTS) is 2. The zero-order chi connectivity index (χ0) is 23.2. The van der Waals surface area contributed by atoms with Crippen molar-refractivity contribution in [1.82, 2.24) is 4.58 Å².